The molecule has 0 aromatic carbocycles. The molecule has 1 saturated heterocycles. The fourth-order valence-corrected chi connectivity index (χ4v) is 8.06. The monoisotopic (exact) mass is 570 g/mol. The zero-order valence-electron chi connectivity index (χ0n) is 22.9. The largest absolute Gasteiger partial charge is 0.463 e. The number of hydrogen-bond acceptors (Lipinski definition) is 12. The van der Waals surface area contributed by atoms with E-state index in [1.165, 1.54) is 44.9 Å². The molecule has 39 heavy (non-hydrogen) atoms. The summed E-state index contributed by atoms with van der Waals surface area (Å²) in [7, 11) is 0. The van der Waals surface area contributed by atoms with Crippen LogP contribution in [-0.2, 0) is 52.4 Å². The van der Waals surface area contributed by atoms with Crippen LogP contribution in [0.15, 0.2) is 0 Å². The number of ether oxygens (including phenoxy) is 6. The summed E-state index contributed by atoms with van der Waals surface area (Å²) in [6, 6.07) is 0. The third kappa shape index (κ3) is 7.32. The number of hydrogen-bond donors (Lipinski definition) is 0. The Hall–Kier alpha value is -2.18. The lowest BCUT2D eigenvalue weighted by molar-refractivity contribution is -0.307. The summed E-state index contributed by atoms with van der Waals surface area (Å²) in [6.45, 7) is 4.46. The molecule has 0 aromatic heterocycles. The minimum absolute atomic E-state index is 0.0799. The van der Waals surface area contributed by atoms with Gasteiger partial charge in [-0.3, -0.25) is 24.0 Å². The van der Waals surface area contributed by atoms with Crippen molar-refractivity contribution in [1.29, 1.82) is 0 Å². The number of thioether (sulfide) groups is 1. The van der Waals surface area contributed by atoms with Gasteiger partial charge in [-0.25, -0.2) is 0 Å². The predicted molar refractivity (Wildman–Crippen MR) is 136 cm³/mol. The number of carbonyl (C=O) groups is 5. The van der Waals surface area contributed by atoms with Crippen molar-refractivity contribution in [2.45, 2.75) is 96.9 Å². The highest BCUT2D eigenvalue weighted by atomic mass is 32.2. The smallest absolute Gasteiger partial charge is 0.303 e. The van der Waals surface area contributed by atoms with Gasteiger partial charge >= 0.3 is 23.9 Å². The van der Waals surface area contributed by atoms with Crippen LogP contribution >= 0.6 is 11.8 Å². The molecular weight excluding hydrogens is 532 g/mol. The zero-order valence-corrected chi connectivity index (χ0v) is 23.7. The van der Waals surface area contributed by atoms with Gasteiger partial charge in [0, 0.05) is 38.9 Å². The Kier molecular flexibility index (Phi) is 9.59. The molecular formula is C27H38O11S. The van der Waals surface area contributed by atoms with E-state index >= 15 is 0 Å². The molecule has 0 unspecified atom stereocenters. The third-order valence-electron chi connectivity index (χ3n) is 8.02. The molecule has 1 heterocycles. The van der Waals surface area contributed by atoms with Crippen LogP contribution in [0, 0.1) is 23.2 Å². The molecule has 4 bridgehead atoms. The summed E-state index contributed by atoms with van der Waals surface area (Å²) in [6.07, 6.45) is 0.602. The van der Waals surface area contributed by atoms with Crippen molar-refractivity contribution in [3.8, 4) is 0 Å². The second-order valence-corrected chi connectivity index (χ2v) is 12.3. The summed E-state index contributed by atoms with van der Waals surface area (Å²) < 4.78 is 33.1. The fraction of sp³-hybridized carbons (Fsp3) is 0.815. The summed E-state index contributed by atoms with van der Waals surface area (Å²) in [5.74, 6) is -0.358. The third-order valence-corrected chi connectivity index (χ3v) is 9.08. The molecule has 0 spiro atoms. The average molecular weight is 571 g/mol. The Labute approximate surface area is 232 Å². The maximum absolute atomic E-state index is 13.3. The molecule has 1 aliphatic heterocycles. The van der Waals surface area contributed by atoms with Gasteiger partial charge in [-0.05, 0) is 56.3 Å². The van der Waals surface area contributed by atoms with Crippen LogP contribution in [0.25, 0.3) is 0 Å². The minimum atomic E-state index is -1.28. The number of rotatable bonds is 10. The van der Waals surface area contributed by atoms with E-state index < -0.39 is 54.6 Å². The van der Waals surface area contributed by atoms with Crippen molar-refractivity contribution >= 4 is 40.8 Å². The maximum atomic E-state index is 13.3. The molecule has 4 aliphatic carbocycles. The Bertz CT molecular complexity index is 930. The highest BCUT2D eigenvalue weighted by Gasteiger charge is 2.55. The van der Waals surface area contributed by atoms with Gasteiger partial charge in [0.05, 0.1) is 6.61 Å². The number of carbonyl (C=O) groups excluding carboxylic acids is 5. The first-order chi connectivity index (χ1) is 18.5. The van der Waals surface area contributed by atoms with Crippen molar-refractivity contribution in [2.24, 2.45) is 23.2 Å². The molecule has 11 nitrogen and oxygen atoms in total. The Morgan fingerprint density at radius 2 is 1.26 bits per heavy atom. The molecule has 0 amide bonds. The summed E-state index contributed by atoms with van der Waals surface area (Å²) in [5, 5.41) is 0.215. The van der Waals surface area contributed by atoms with Crippen LogP contribution < -0.4 is 0 Å². The van der Waals surface area contributed by atoms with E-state index in [1.807, 2.05) is 0 Å². The van der Waals surface area contributed by atoms with Gasteiger partial charge in [-0.15, -0.1) is 0 Å². The average Bonchev–Trinajstić information content (AvgIpc) is 2.82. The highest BCUT2D eigenvalue weighted by Crippen LogP contribution is 2.61. The van der Waals surface area contributed by atoms with Gasteiger partial charge in [0.15, 0.2) is 29.7 Å². The van der Waals surface area contributed by atoms with Gasteiger partial charge in [0.1, 0.15) is 12.7 Å². The van der Waals surface area contributed by atoms with Crippen LogP contribution in [0.5, 0.6) is 0 Å². The lowest BCUT2D eigenvalue weighted by atomic mass is 9.50. The van der Waals surface area contributed by atoms with E-state index in [2.05, 4.69) is 0 Å². The van der Waals surface area contributed by atoms with Gasteiger partial charge < -0.3 is 28.4 Å². The Morgan fingerprint density at radius 1 is 0.744 bits per heavy atom. The molecule has 5 atom stereocenters. The second kappa shape index (κ2) is 12.6. The Balaban J connectivity index is 1.43. The van der Waals surface area contributed by atoms with E-state index in [0.717, 1.165) is 33.1 Å². The molecule has 0 radical (unpaired) electrons. The fourth-order valence-electron chi connectivity index (χ4n) is 7.14. The van der Waals surface area contributed by atoms with Crippen molar-refractivity contribution < 1.29 is 52.4 Å². The molecule has 4 saturated carbocycles. The Morgan fingerprint density at radius 3 is 1.77 bits per heavy atom. The van der Waals surface area contributed by atoms with E-state index in [-0.39, 0.29) is 23.7 Å². The SMILES string of the molecule is CC(=O)OC[C@H]1O[C@@H](OCCSC(=O)C23CC4CC(CC(C4)C2)C3)[C@H](OC(C)=O)[C@@H](OC(C)=O)[C@@H]1OC(C)=O. The van der Waals surface area contributed by atoms with Crippen molar-refractivity contribution in [1.82, 2.24) is 0 Å². The van der Waals surface area contributed by atoms with E-state index in [9.17, 15) is 24.0 Å². The maximum Gasteiger partial charge on any atom is 0.303 e. The summed E-state index contributed by atoms with van der Waals surface area (Å²) in [5.41, 5.74) is -0.228. The van der Waals surface area contributed by atoms with Crippen LogP contribution in [-0.4, -0.2) is 78.7 Å². The van der Waals surface area contributed by atoms with Gasteiger partial charge in [-0.1, -0.05) is 11.8 Å². The quantitative estimate of drug-likeness (QED) is 0.216. The summed E-state index contributed by atoms with van der Waals surface area (Å²) >= 11 is 1.25. The molecule has 5 fully saturated rings. The first-order valence-corrected chi connectivity index (χ1v) is 14.5. The minimum Gasteiger partial charge on any atom is -0.463 e. The molecule has 0 aromatic rings. The van der Waals surface area contributed by atoms with Gasteiger partial charge in [0.25, 0.3) is 0 Å². The van der Waals surface area contributed by atoms with E-state index in [1.54, 1.807) is 0 Å². The molecule has 5 aliphatic rings. The lowest BCUT2D eigenvalue weighted by Gasteiger charge is -2.55. The van der Waals surface area contributed by atoms with E-state index in [4.69, 9.17) is 28.4 Å². The first-order valence-electron chi connectivity index (χ1n) is 13.5. The summed E-state index contributed by atoms with van der Waals surface area (Å²) in [4.78, 5) is 60.5. The van der Waals surface area contributed by atoms with Crippen molar-refractivity contribution in [3.63, 3.8) is 0 Å². The van der Waals surface area contributed by atoms with Crippen molar-refractivity contribution in [3.05, 3.63) is 0 Å². The predicted octanol–water partition coefficient (Wildman–Crippen LogP) is 2.56. The topological polar surface area (TPSA) is 141 Å². The van der Waals surface area contributed by atoms with Gasteiger partial charge in [-0.2, -0.15) is 0 Å². The lowest BCUT2D eigenvalue weighted by Crippen LogP contribution is -2.63. The number of esters is 4. The van der Waals surface area contributed by atoms with Crippen LogP contribution in [0.3, 0.4) is 0 Å². The van der Waals surface area contributed by atoms with Crippen LogP contribution in [0.4, 0.5) is 0 Å². The second-order valence-electron chi connectivity index (χ2n) is 11.3. The van der Waals surface area contributed by atoms with Crippen LogP contribution in [0.2, 0.25) is 0 Å². The first kappa shape index (κ1) is 29.8. The molecule has 5 rings (SSSR count). The van der Waals surface area contributed by atoms with Crippen molar-refractivity contribution in [2.75, 3.05) is 19.0 Å². The highest BCUT2D eigenvalue weighted by molar-refractivity contribution is 8.13. The zero-order chi connectivity index (χ0) is 28.3. The standard InChI is InChI=1S/C27H38O11S/c1-14(28)34-13-21-22(35-15(2)29)23(36-16(3)30)24(37-17(4)31)25(38-21)33-5-6-39-26(32)27-10-18-7-19(11-27)9-20(8-18)12-27/h18-25H,5-13H2,1-4H3/t18?,19?,20?,21-,22-,23+,24-,25-,27?/m1/s1. The van der Waals surface area contributed by atoms with E-state index in [0.29, 0.717) is 23.5 Å². The van der Waals surface area contributed by atoms with Gasteiger partial charge in [0.2, 0.25) is 0 Å². The molecule has 12 heteroatoms. The molecule has 218 valence electrons. The van der Waals surface area contributed by atoms with Crippen LogP contribution in [0.1, 0.15) is 66.2 Å². The molecule has 0 N–H and O–H groups in total. The normalized spacial score (nSPS) is 36.6.